The van der Waals surface area contributed by atoms with Crippen LogP contribution in [-0.4, -0.2) is 28.6 Å². The highest BCUT2D eigenvalue weighted by Gasteiger charge is 2.26. The second-order valence-electron chi connectivity index (χ2n) is 5.35. The summed E-state index contributed by atoms with van der Waals surface area (Å²) in [6.45, 7) is 4.20. The molecule has 1 aliphatic rings. The average Bonchev–Trinajstić information content (AvgIpc) is 3.09. The van der Waals surface area contributed by atoms with Crippen molar-refractivity contribution in [2.75, 3.05) is 6.61 Å². The molecule has 1 aromatic heterocycles. The fraction of sp³-hybridized carbons (Fsp3) is 0.312. The maximum atomic E-state index is 12.3. The highest BCUT2D eigenvalue weighted by Crippen LogP contribution is 2.28. The number of aromatic nitrogens is 1. The molecule has 0 saturated heterocycles. The molecule has 6 nitrogen and oxygen atoms in total. The minimum atomic E-state index is -1.12. The Morgan fingerprint density at radius 2 is 2.17 bits per heavy atom. The van der Waals surface area contributed by atoms with Gasteiger partial charge in [-0.3, -0.25) is 4.79 Å². The van der Waals surface area contributed by atoms with Gasteiger partial charge in [-0.05, 0) is 37.1 Å². The van der Waals surface area contributed by atoms with Gasteiger partial charge in [-0.25, -0.2) is 9.78 Å². The molecule has 1 atom stereocenters. The third kappa shape index (κ3) is 3.05. The summed E-state index contributed by atoms with van der Waals surface area (Å²) in [5, 5.41) is 12.8. The highest BCUT2D eigenvalue weighted by atomic mass is 32.1. The van der Waals surface area contributed by atoms with Crippen LogP contribution in [-0.2, 0) is 11.2 Å². The minimum Gasteiger partial charge on any atom is -0.493 e. The normalized spacial score (nSPS) is 14.0. The number of nitrogens with zero attached hydrogens (tertiary/aromatic N) is 1. The largest absolute Gasteiger partial charge is 0.493 e. The molecular weight excluding hydrogens is 316 g/mol. The van der Waals surface area contributed by atoms with E-state index in [0.29, 0.717) is 12.2 Å². The van der Waals surface area contributed by atoms with Gasteiger partial charge in [0.05, 0.1) is 11.6 Å². The molecule has 7 heteroatoms. The van der Waals surface area contributed by atoms with Crippen molar-refractivity contribution in [2.45, 2.75) is 26.3 Å². The zero-order chi connectivity index (χ0) is 16.6. The maximum Gasteiger partial charge on any atom is 0.330 e. The molecular formula is C16H16N2O4S. The number of carboxylic acid groups (broad SMARTS) is 1. The van der Waals surface area contributed by atoms with E-state index in [1.807, 2.05) is 6.92 Å². The van der Waals surface area contributed by atoms with Crippen LogP contribution in [0.25, 0.3) is 0 Å². The number of fused-ring (bicyclic) bond motifs is 1. The Kier molecular flexibility index (Phi) is 4.04. The Morgan fingerprint density at radius 1 is 1.39 bits per heavy atom. The van der Waals surface area contributed by atoms with E-state index in [1.165, 1.54) is 11.3 Å². The standard InChI is InChI=1S/C16H16N2O4S/c1-8-13(17-9(2)23-8)15(19)18-14(16(20)21)11-3-4-12-10(7-11)5-6-22-12/h3-4,7,14H,5-6H2,1-2H3,(H,18,19)(H,20,21)/t14-/m1/s1. The lowest BCUT2D eigenvalue weighted by molar-refractivity contribution is -0.139. The van der Waals surface area contributed by atoms with Gasteiger partial charge in [0.1, 0.15) is 11.4 Å². The third-order valence-corrected chi connectivity index (χ3v) is 4.57. The van der Waals surface area contributed by atoms with Gasteiger partial charge >= 0.3 is 5.97 Å². The van der Waals surface area contributed by atoms with Crippen LogP contribution in [0.4, 0.5) is 0 Å². The van der Waals surface area contributed by atoms with Crippen LogP contribution in [0.2, 0.25) is 0 Å². The van der Waals surface area contributed by atoms with Crippen molar-refractivity contribution in [2.24, 2.45) is 0 Å². The molecule has 0 radical (unpaired) electrons. The fourth-order valence-electron chi connectivity index (χ4n) is 2.61. The summed E-state index contributed by atoms with van der Waals surface area (Å²) in [5.74, 6) is -0.812. The number of amides is 1. The molecule has 1 amide bonds. The lowest BCUT2D eigenvalue weighted by Gasteiger charge is -2.15. The number of thiazole rings is 1. The number of aliphatic carboxylic acids is 1. The number of hydrogen-bond acceptors (Lipinski definition) is 5. The first-order chi connectivity index (χ1) is 11.0. The lowest BCUT2D eigenvalue weighted by Crippen LogP contribution is -2.34. The molecule has 0 fully saturated rings. The van der Waals surface area contributed by atoms with Crippen LogP contribution in [0.3, 0.4) is 0 Å². The number of carboxylic acids is 1. The summed E-state index contributed by atoms with van der Waals surface area (Å²) in [6, 6.07) is 4.08. The van der Waals surface area contributed by atoms with E-state index in [1.54, 1.807) is 25.1 Å². The average molecular weight is 332 g/mol. The van der Waals surface area contributed by atoms with Crippen LogP contribution in [0, 0.1) is 13.8 Å². The Balaban J connectivity index is 1.86. The van der Waals surface area contributed by atoms with E-state index >= 15 is 0 Å². The van der Waals surface area contributed by atoms with E-state index in [0.717, 1.165) is 27.6 Å². The van der Waals surface area contributed by atoms with Crippen molar-refractivity contribution in [1.29, 1.82) is 0 Å². The summed E-state index contributed by atoms with van der Waals surface area (Å²) < 4.78 is 5.42. The van der Waals surface area contributed by atoms with Crippen molar-refractivity contribution in [3.05, 3.63) is 44.9 Å². The van der Waals surface area contributed by atoms with Gasteiger partial charge in [-0.1, -0.05) is 6.07 Å². The van der Waals surface area contributed by atoms with Crippen LogP contribution >= 0.6 is 11.3 Å². The predicted molar refractivity (Wildman–Crippen MR) is 85.1 cm³/mol. The van der Waals surface area contributed by atoms with Crippen molar-refractivity contribution in [1.82, 2.24) is 10.3 Å². The molecule has 2 heterocycles. The first-order valence-corrected chi connectivity index (χ1v) is 8.00. The minimum absolute atomic E-state index is 0.281. The van der Waals surface area contributed by atoms with E-state index in [9.17, 15) is 14.7 Å². The van der Waals surface area contributed by atoms with Crippen molar-refractivity contribution >= 4 is 23.2 Å². The van der Waals surface area contributed by atoms with E-state index in [4.69, 9.17) is 4.74 Å². The molecule has 120 valence electrons. The quantitative estimate of drug-likeness (QED) is 0.896. The van der Waals surface area contributed by atoms with E-state index in [-0.39, 0.29) is 5.69 Å². The molecule has 2 N–H and O–H groups in total. The second-order valence-corrected chi connectivity index (χ2v) is 6.76. The van der Waals surface area contributed by atoms with Crippen LogP contribution in [0.15, 0.2) is 18.2 Å². The summed E-state index contributed by atoms with van der Waals surface area (Å²) >= 11 is 1.41. The molecule has 3 rings (SSSR count). The van der Waals surface area contributed by atoms with Gasteiger partial charge in [0, 0.05) is 11.3 Å². The smallest absolute Gasteiger partial charge is 0.330 e. The number of aryl methyl sites for hydroxylation is 2. The highest BCUT2D eigenvalue weighted by molar-refractivity contribution is 7.11. The Hall–Kier alpha value is -2.41. The number of carbonyl (C=O) groups excluding carboxylic acids is 1. The van der Waals surface area contributed by atoms with Gasteiger partial charge in [0.15, 0.2) is 6.04 Å². The van der Waals surface area contributed by atoms with Crippen LogP contribution in [0.1, 0.15) is 37.5 Å². The Bertz CT molecular complexity index is 784. The van der Waals surface area contributed by atoms with Crippen LogP contribution in [0.5, 0.6) is 5.75 Å². The Morgan fingerprint density at radius 3 is 2.83 bits per heavy atom. The fourth-order valence-corrected chi connectivity index (χ4v) is 3.43. The van der Waals surface area contributed by atoms with Crippen molar-refractivity contribution in [3.63, 3.8) is 0 Å². The summed E-state index contributed by atoms with van der Waals surface area (Å²) in [5.41, 5.74) is 1.77. The topological polar surface area (TPSA) is 88.5 Å². The van der Waals surface area contributed by atoms with Gasteiger partial charge in [-0.15, -0.1) is 11.3 Å². The second kappa shape index (κ2) is 6.00. The Labute approximate surface area is 137 Å². The molecule has 0 bridgehead atoms. The molecule has 0 spiro atoms. The summed E-state index contributed by atoms with van der Waals surface area (Å²) in [4.78, 5) is 28.9. The number of hydrogen-bond donors (Lipinski definition) is 2. The number of ether oxygens (including phenoxy) is 1. The monoisotopic (exact) mass is 332 g/mol. The SMILES string of the molecule is Cc1nc(C(=O)N[C@@H](C(=O)O)c2ccc3c(c2)CCO3)c(C)s1. The number of carbonyl (C=O) groups is 2. The zero-order valence-electron chi connectivity index (χ0n) is 12.8. The summed E-state index contributed by atoms with van der Waals surface area (Å²) in [6.07, 6.45) is 0.744. The molecule has 23 heavy (non-hydrogen) atoms. The maximum absolute atomic E-state index is 12.3. The molecule has 2 aromatic rings. The summed E-state index contributed by atoms with van der Waals surface area (Å²) in [7, 11) is 0. The lowest BCUT2D eigenvalue weighted by atomic mass is 10.0. The van der Waals surface area contributed by atoms with Crippen molar-refractivity contribution < 1.29 is 19.4 Å². The zero-order valence-corrected chi connectivity index (χ0v) is 13.6. The van der Waals surface area contributed by atoms with Gasteiger partial charge in [0.25, 0.3) is 5.91 Å². The van der Waals surface area contributed by atoms with Gasteiger partial charge in [0.2, 0.25) is 0 Å². The number of benzene rings is 1. The molecule has 1 aliphatic heterocycles. The van der Waals surface area contributed by atoms with Gasteiger partial charge < -0.3 is 15.2 Å². The molecule has 0 saturated carbocycles. The van der Waals surface area contributed by atoms with Gasteiger partial charge in [-0.2, -0.15) is 0 Å². The molecule has 0 unspecified atom stereocenters. The number of nitrogens with one attached hydrogen (secondary N) is 1. The first kappa shape index (κ1) is 15.5. The van der Waals surface area contributed by atoms with E-state index in [2.05, 4.69) is 10.3 Å². The first-order valence-electron chi connectivity index (χ1n) is 7.19. The van der Waals surface area contributed by atoms with Crippen LogP contribution < -0.4 is 10.1 Å². The van der Waals surface area contributed by atoms with E-state index < -0.39 is 17.9 Å². The third-order valence-electron chi connectivity index (χ3n) is 3.69. The molecule has 0 aliphatic carbocycles. The number of rotatable bonds is 4. The predicted octanol–water partition coefficient (Wildman–Crippen LogP) is 2.25. The molecule has 1 aromatic carbocycles. The van der Waals surface area contributed by atoms with Crippen molar-refractivity contribution in [3.8, 4) is 5.75 Å².